The molecule has 110 valence electrons. The van der Waals surface area contributed by atoms with Gasteiger partial charge in [0.15, 0.2) is 0 Å². The molecule has 0 spiro atoms. The Bertz CT molecular complexity index is 582. The number of non-ortho nitro benzene ring substituents is 1. The van der Waals surface area contributed by atoms with Gasteiger partial charge in [0.1, 0.15) is 12.6 Å². The van der Waals surface area contributed by atoms with E-state index in [-0.39, 0.29) is 18.3 Å². The van der Waals surface area contributed by atoms with Gasteiger partial charge in [0.2, 0.25) is 0 Å². The lowest BCUT2D eigenvalue weighted by Gasteiger charge is -2.10. The first-order valence-electron chi connectivity index (χ1n) is 6.27. The van der Waals surface area contributed by atoms with Gasteiger partial charge in [-0.1, -0.05) is 5.11 Å². The summed E-state index contributed by atoms with van der Waals surface area (Å²) < 4.78 is 5.13. The molecular formula is C12H13N5O4. The monoisotopic (exact) mass is 291 g/mol. The smallest absolute Gasteiger partial charge is 0.323 e. The first kappa shape index (κ1) is 14.8. The normalized spacial score (nSPS) is 20.6. The van der Waals surface area contributed by atoms with E-state index in [9.17, 15) is 14.9 Å². The summed E-state index contributed by atoms with van der Waals surface area (Å²) in [6.45, 7) is 0.489. The van der Waals surface area contributed by atoms with E-state index in [0.29, 0.717) is 18.5 Å². The number of hydrogen-bond donors (Lipinski definition) is 1. The number of nitro groups is 1. The summed E-state index contributed by atoms with van der Waals surface area (Å²) in [6, 6.07) is 5.06. The topological polar surface area (TPSA) is 130 Å². The molecule has 21 heavy (non-hydrogen) atoms. The summed E-state index contributed by atoms with van der Waals surface area (Å²) in [6.07, 6.45) is 0.406. The minimum Gasteiger partial charge on any atom is -0.460 e. The second kappa shape index (κ2) is 6.69. The Labute approximate surface area is 119 Å². The van der Waals surface area contributed by atoms with Crippen molar-refractivity contribution in [3.05, 3.63) is 50.4 Å². The highest BCUT2D eigenvalue weighted by Crippen LogP contribution is 2.15. The van der Waals surface area contributed by atoms with Crippen LogP contribution in [0.4, 0.5) is 5.69 Å². The van der Waals surface area contributed by atoms with Gasteiger partial charge >= 0.3 is 5.97 Å². The maximum absolute atomic E-state index is 11.8. The summed E-state index contributed by atoms with van der Waals surface area (Å²) in [5.41, 5.74) is 8.98. The van der Waals surface area contributed by atoms with Gasteiger partial charge in [-0.3, -0.25) is 14.9 Å². The van der Waals surface area contributed by atoms with Crippen molar-refractivity contribution >= 4 is 11.7 Å². The highest BCUT2D eigenvalue weighted by Gasteiger charge is 2.29. The SMILES string of the molecule is [N-]=[N+]=N[C@H]1CNC(C(=O)OCc2ccc([N+](=O)[O-])cc2)C1. The molecule has 9 heteroatoms. The summed E-state index contributed by atoms with van der Waals surface area (Å²) in [4.78, 5) is 24.5. The van der Waals surface area contributed by atoms with Gasteiger partial charge in [-0.15, -0.1) is 0 Å². The van der Waals surface area contributed by atoms with E-state index in [1.165, 1.54) is 24.3 Å². The van der Waals surface area contributed by atoms with Gasteiger partial charge in [0.25, 0.3) is 5.69 Å². The van der Waals surface area contributed by atoms with Crippen LogP contribution in [0.2, 0.25) is 0 Å². The zero-order chi connectivity index (χ0) is 15.2. The average Bonchev–Trinajstić information content (AvgIpc) is 2.94. The maximum atomic E-state index is 11.8. The number of rotatable bonds is 5. The number of nitrogens with one attached hydrogen (secondary N) is 1. The number of ether oxygens (including phenoxy) is 1. The number of azide groups is 1. The standard InChI is InChI=1S/C12H13N5O4/c13-16-15-9-5-11(14-6-9)12(18)21-7-8-1-3-10(4-2-8)17(19)20/h1-4,9,11,14H,5-7H2/t9-,11?/m1/s1. The fourth-order valence-electron chi connectivity index (χ4n) is 2.03. The summed E-state index contributed by atoms with van der Waals surface area (Å²) >= 11 is 0. The van der Waals surface area contributed by atoms with Crippen molar-refractivity contribution < 1.29 is 14.5 Å². The lowest BCUT2D eigenvalue weighted by Crippen LogP contribution is -2.32. The maximum Gasteiger partial charge on any atom is 0.323 e. The van der Waals surface area contributed by atoms with Gasteiger partial charge in [0, 0.05) is 23.6 Å². The molecule has 1 heterocycles. The van der Waals surface area contributed by atoms with Crippen LogP contribution in [0.5, 0.6) is 0 Å². The molecule has 1 aromatic carbocycles. The number of nitro benzene ring substituents is 1. The van der Waals surface area contributed by atoms with E-state index < -0.39 is 16.9 Å². The van der Waals surface area contributed by atoms with Crippen molar-refractivity contribution in [1.82, 2.24) is 5.32 Å². The lowest BCUT2D eigenvalue weighted by molar-refractivity contribution is -0.384. The van der Waals surface area contributed by atoms with Crippen molar-refractivity contribution in [3.63, 3.8) is 0 Å². The molecule has 1 fully saturated rings. The fourth-order valence-corrected chi connectivity index (χ4v) is 2.03. The molecule has 1 aliphatic heterocycles. The zero-order valence-electron chi connectivity index (χ0n) is 11.0. The molecule has 1 aliphatic rings. The molecule has 2 atom stereocenters. The third kappa shape index (κ3) is 3.91. The highest BCUT2D eigenvalue weighted by molar-refractivity contribution is 5.76. The van der Waals surface area contributed by atoms with Crippen molar-refractivity contribution in [3.8, 4) is 0 Å². The number of esters is 1. The van der Waals surface area contributed by atoms with Crippen molar-refractivity contribution in [1.29, 1.82) is 0 Å². The largest absolute Gasteiger partial charge is 0.460 e. The van der Waals surface area contributed by atoms with E-state index >= 15 is 0 Å². The van der Waals surface area contributed by atoms with Crippen LogP contribution < -0.4 is 5.32 Å². The minimum absolute atomic E-state index is 0.0141. The Kier molecular flexibility index (Phi) is 4.70. The summed E-state index contributed by atoms with van der Waals surface area (Å²) in [5, 5.41) is 17.0. The van der Waals surface area contributed by atoms with Crippen molar-refractivity contribution in [2.24, 2.45) is 5.11 Å². The zero-order valence-corrected chi connectivity index (χ0v) is 11.0. The third-order valence-corrected chi connectivity index (χ3v) is 3.14. The Balaban J connectivity index is 1.84. The van der Waals surface area contributed by atoms with E-state index in [2.05, 4.69) is 15.3 Å². The van der Waals surface area contributed by atoms with Crippen molar-refractivity contribution in [2.45, 2.75) is 25.1 Å². The quantitative estimate of drug-likeness (QED) is 0.220. The number of nitrogens with zero attached hydrogens (tertiary/aromatic N) is 4. The molecule has 9 nitrogen and oxygen atoms in total. The number of carbonyl (C=O) groups is 1. The second-order valence-corrected chi connectivity index (χ2v) is 4.59. The lowest BCUT2D eigenvalue weighted by atomic mass is 10.2. The molecular weight excluding hydrogens is 278 g/mol. The van der Waals surface area contributed by atoms with E-state index in [0.717, 1.165) is 0 Å². The van der Waals surface area contributed by atoms with Crippen LogP contribution in [0, 0.1) is 10.1 Å². The third-order valence-electron chi connectivity index (χ3n) is 3.14. The van der Waals surface area contributed by atoms with E-state index in [1.54, 1.807) is 0 Å². The molecule has 0 bridgehead atoms. The van der Waals surface area contributed by atoms with E-state index in [4.69, 9.17) is 10.3 Å². The Morgan fingerprint density at radius 1 is 1.52 bits per heavy atom. The van der Waals surface area contributed by atoms with Gasteiger partial charge in [-0.25, -0.2) is 0 Å². The molecule has 1 aromatic rings. The number of carbonyl (C=O) groups excluding carboxylic acids is 1. The number of benzene rings is 1. The van der Waals surface area contributed by atoms with Crippen LogP contribution >= 0.6 is 0 Å². The molecule has 0 aliphatic carbocycles. The summed E-state index contributed by atoms with van der Waals surface area (Å²) in [7, 11) is 0. The predicted molar refractivity (Wildman–Crippen MR) is 72.2 cm³/mol. The van der Waals surface area contributed by atoms with Gasteiger partial charge < -0.3 is 10.1 Å². The Morgan fingerprint density at radius 3 is 2.86 bits per heavy atom. The van der Waals surface area contributed by atoms with Crippen LogP contribution in [-0.4, -0.2) is 29.5 Å². The molecule has 0 amide bonds. The Morgan fingerprint density at radius 2 is 2.24 bits per heavy atom. The van der Waals surface area contributed by atoms with Gasteiger partial charge in [0.05, 0.1) is 11.0 Å². The van der Waals surface area contributed by atoms with E-state index in [1.807, 2.05) is 0 Å². The van der Waals surface area contributed by atoms with Gasteiger partial charge in [-0.2, -0.15) is 0 Å². The molecule has 0 saturated carbocycles. The molecule has 0 radical (unpaired) electrons. The predicted octanol–water partition coefficient (Wildman–Crippen LogP) is 1.68. The average molecular weight is 291 g/mol. The molecule has 1 N–H and O–H groups in total. The van der Waals surface area contributed by atoms with Crippen LogP contribution in [0.1, 0.15) is 12.0 Å². The van der Waals surface area contributed by atoms with Gasteiger partial charge in [-0.05, 0) is 29.6 Å². The van der Waals surface area contributed by atoms with Crippen LogP contribution in [0.3, 0.4) is 0 Å². The highest BCUT2D eigenvalue weighted by atomic mass is 16.6. The Hall–Kier alpha value is -2.64. The molecule has 0 aromatic heterocycles. The first-order chi connectivity index (χ1) is 10.1. The summed E-state index contributed by atoms with van der Waals surface area (Å²) in [5.74, 6) is -0.427. The van der Waals surface area contributed by atoms with Crippen LogP contribution in [0.15, 0.2) is 29.4 Å². The van der Waals surface area contributed by atoms with Crippen LogP contribution in [-0.2, 0) is 16.1 Å². The molecule has 1 saturated heterocycles. The fraction of sp³-hybridized carbons (Fsp3) is 0.417. The first-order valence-corrected chi connectivity index (χ1v) is 6.27. The van der Waals surface area contributed by atoms with Crippen LogP contribution in [0.25, 0.3) is 10.4 Å². The molecule has 2 rings (SSSR count). The van der Waals surface area contributed by atoms with Crippen molar-refractivity contribution in [2.75, 3.05) is 6.54 Å². The number of hydrogen-bond acceptors (Lipinski definition) is 6. The second-order valence-electron chi connectivity index (χ2n) is 4.59. The minimum atomic E-state index is -0.492. The molecule has 1 unspecified atom stereocenters.